The number of ether oxygens (including phenoxy) is 1. The van der Waals surface area contributed by atoms with Gasteiger partial charge >= 0.3 is 0 Å². The first-order chi connectivity index (χ1) is 8.83. The van der Waals surface area contributed by atoms with Gasteiger partial charge in [-0.2, -0.15) is 0 Å². The largest absolute Gasteiger partial charge is 0.487 e. The van der Waals surface area contributed by atoms with Crippen LogP contribution < -0.4 is 4.74 Å². The fourth-order valence-corrected chi connectivity index (χ4v) is 2.15. The van der Waals surface area contributed by atoms with E-state index in [0.717, 1.165) is 29.0 Å². The number of aryl methyl sites for hydroxylation is 1. The van der Waals surface area contributed by atoms with Crippen molar-refractivity contribution in [3.8, 4) is 5.75 Å². The SMILES string of the molecule is O=C1CCc2ccc(OCc3ccccn3)cc21. The Morgan fingerprint density at radius 1 is 1.17 bits per heavy atom. The van der Waals surface area contributed by atoms with Crippen LogP contribution in [0.5, 0.6) is 5.75 Å². The molecule has 0 amide bonds. The summed E-state index contributed by atoms with van der Waals surface area (Å²) < 4.78 is 5.65. The van der Waals surface area contributed by atoms with Crippen molar-refractivity contribution in [2.45, 2.75) is 19.4 Å². The van der Waals surface area contributed by atoms with E-state index in [1.165, 1.54) is 0 Å². The van der Waals surface area contributed by atoms with Crippen molar-refractivity contribution in [1.82, 2.24) is 4.98 Å². The van der Waals surface area contributed by atoms with Gasteiger partial charge in [-0.05, 0) is 36.2 Å². The molecule has 90 valence electrons. The fourth-order valence-electron chi connectivity index (χ4n) is 2.15. The molecular weight excluding hydrogens is 226 g/mol. The number of nitrogens with zero attached hydrogens (tertiary/aromatic N) is 1. The number of rotatable bonds is 3. The number of Topliss-reactive ketones (excluding diaryl/α,β-unsaturated/α-hetero) is 1. The van der Waals surface area contributed by atoms with Crippen molar-refractivity contribution in [3.63, 3.8) is 0 Å². The summed E-state index contributed by atoms with van der Waals surface area (Å²) in [7, 11) is 0. The van der Waals surface area contributed by atoms with Crippen molar-refractivity contribution >= 4 is 5.78 Å². The van der Waals surface area contributed by atoms with Crippen molar-refractivity contribution < 1.29 is 9.53 Å². The zero-order chi connectivity index (χ0) is 12.4. The van der Waals surface area contributed by atoms with Crippen LogP contribution in [0.2, 0.25) is 0 Å². The van der Waals surface area contributed by atoms with Gasteiger partial charge in [-0.15, -0.1) is 0 Å². The van der Waals surface area contributed by atoms with Gasteiger partial charge in [0.2, 0.25) is 0 Å². The van der Waals surface area contributed by atoms with Gasteiger partial charge in [-0.25, -0.2) is 0 Å². The van der Waals surface area contributed by atoms with Crippen LogP contribution in [-0.4, -0.2) is 10.8 Å². The predicted octanol–water partition coefficient (Wildman–Crippen LogP) is 2.79. The Hall–Kier alpha value is -2.16. The van der Waals surface area contributed by atoms with E-state index >= 15 is 0 Å². The number of ketones is 1. The molecular formula is C15H13NO2. The van der Waals surface area contributed by atoms with Crippen LogP contribution in [0.1, 0.15) is 28.0 Å². The fraction of sp³-hybridized carbons (Fsp3) is 0.200. The Morgan fingerprint density at radius 3 is 2.94 bits per heavy atom. The van der Waals surface area contributed by atoms with Gasteiger partial charge in [0.1, 0.15) is 12.4 Å². The first-order valence-electron chi connectivity index (χ1n) is 6.02. The molecule has 2 aromatic rings. The minimum absolute atomic E-state index is 0.216. The molecule has 1 aromatic carbocycles. The van der Waals surface area contributed by atoms with E-state index in [0.29, 0.717) is 13.0 Å². The molecule has 0 atom stereocenters. The summed E-state index contributed by atoms with van der Waals surface area (Å²) in [5, 5.41) is 0. The highest BCUT2D eigenvalue weighted by molar-refractivity contribution is 6.00. The van der Waals surface area contributed by atoms with E-state index < -0.39 is 0 Å². The Labute approximate surface area is 105 Å². The molecule has 0 aliphatic heterocycles. The molecule has 0 unspecified atom stereocenters. The monoisotopic (exact) mass is 239 g/mol. The van der Waals surface area contributed by atoms with E-state index in [4.69, 9.17) is 4.74 Å². The second kappa shape index (κ2) is 4.61. The molecule has 0 saturated heterocycles. The van der Waals surface area contributed by atoms with Gasteiger partial charge in [0, 0.05) is 18.2 Å². The third-order valence-corrected chi connectivity index (χ3v) is 3.12. The number of aromatic nitrogens is 1. The minimum Gasteiger partial charge on any atom is -0.487 e. The van der Waals surface area contributed by atoms with Crippen LogP contribution in [0.4, 0.5) is 0 Å². The maximum Gasteiger partial charge on any atom is 0.163 e. The van der Waals surface area contributed by atoms with Crippen LogP contribution in [0.25, 0.3) is 0 Å². The molecule has 1 heterocycles. The molecule has 1 aliphatic rings. The van der Waals surface area contributed by atoms with Gasteiger partial charge < -0.3 is 4.74 Å². The summed E-state index contributed by atoms with van der Waals surface area (Å²) in [6, 6.07) is 11.5. The van der Waals surface area contributed by atoms with Crippen LogP contribution in [-0.2, 0) is 13.0 Å². The van der Waals surface area contributed by atoms with Crippen molar-refractivity contribution in [3.05, 3.63) is 59.4 Å². The standard InChI is InChI=1S/C15H13NO2/c17-15-7-5-11-4-6-13(9-14(11)15)18-10-12-3-1-2-8-16-12/h1-4,6,8-9H,5,7,10H2. The van der Waals surface area contributed by atoms with E-state index in [2.05, 4.69) is 4.98 Å². The van der Waals surface area contributed by atoms with Gasteiger partial charge in [0.05, 0.1) is 5.69 Å². The summed E-state index contributed by atoms with van der Waals surface area (Å²) in [6.45, 7) is 0.424. The van der Waals surface area contributed by atoms with Gasteiger partial charge in [-0.1, -0.05) is 12.1 Å². The molecule has 1 aromatic heterocycles. The Bertz CT molecular complexity index is 578. The summed E-state index contributed by atoms with van der Waals surface area (Å²) in [5.74, 6) is 0.947. The number of carbonyl (C=O) groups is 1. The molecule has 0 fully saturated rings. The minimum atomic E-state index is 0.216. The van der Waals surface area contributed by atoms with Crippen LogP contribution in [0.3, 0.4) is 0 Å². The van der Waals surface area contributed by atoms with Crippen LogP contribution in [0.15, 0.2) is 42.6 Å². The lowest BCUT2D eigenvalue weighted by Gasteiger charge is -2.07. The number of pyridine rings is 1. The topological polar surface area (TPSA) is 39.2 Å². The molecule has 0 saturated carbocycles. The zero-order valence-electron chi connectivity index (χ0n) is 9.93. The van der Waals surface area contributed by atoms with Gasteiger partial charge in [0.25, 0.3) is 0 Å². The van der Waals surface area contributed by atoms with Gasteiger partial charge in [-0.3, -0.25) is 9.78 Å². The third-order valence-electron chi connectivity index (χ3n) is 3.12. The third kappa shape index (κ3) is 2.12. The van der Waals surface area contributed by atoms with Crippen LogP contribution in [0, 0.1) is 0 Å². The Balaban J connectivity index is 1.74. The number of fused-ring (bicyclic) bond motifs is 1. The lowest BCUT2D eigenvalue weighted by atomic mass is 10.1. The molecule has 3 rings (SSSR count). The lowest BCUT2D eigenvalue weighted by Crippen LogP contribution is -1.99. The maximum atomic E-state index is 11.6. The van der Waals surface area contributed by atoms with E-state index in [9.17, 15) is 4.79 Å². The molecule has 0 spiro atoms. The van der Waals surface area contributed by atoms with Crippen molar-refractivity contribution in [2.24, 2.45) is 0 Å². The summed E-state index contributed by atoms with van der Waals surface area (Å²) in [6.07, 6.45) is 3.22. The predicted molar refractivity (Wildman–Crippen MR) is 67.7 cm³/mol. The number of benzene rings is 1. The first-order valence-corrected chi connectivity index (χ1v) is 6.02. The van der Waals surface area contributed by atoms with E-state index in [1.54, 1.807) is 6.20 Å². The normalized spacial score (nSPS) is 13.4. The summed E-state index contributed by atoms with van der Waals surface area (Å²) >= 11 is 0. The first kappa shape index (κ1) is 11.0. The molecule has 0 N–H and O–H groups in total. The molecule has 0 bridgehead atoms. The lowest BCUT2D eigenvalue weighted by molar-refractivity contribution is 0.0994. The second-order valence-corrected chi connectivity index (χ2v) is 4.35. The summed E-state index contributed by atoms with van der Waals surface area (Å²) in [4.78, 5) is 15.8. The van der Waals surface area contributed by atoms with E-state index in [1.807, 2.05) is 36.4 Å². The molecule has 3 heteroatoms. The molecule has 0 radical (unpaired) electrons. The second-order valence-electron chi connectivity index (χ2n) is 4.35. The molecule has 18 heavy (non-hydrogen) atoms. The van der Waals surface area contributed by atoms with Crippen molar-refractivity contribution in [1.29, 1.82) is 0 Å². The zero-order valence-corrected chi connectivity index (χ0v) is 9.93. The van der Waals surface area contributed by atoms with Crippen LogP contribution >= 0.6 is 0 Å². The average molecular weight is 239 g/mol. The van der Waals surface area contributed by atoms with Gasteiger partial charge in [0.15, 0.2) is 5.78 Å². The quantitative estimate of drug-likeness (QED) is 0.826. The summed E-state index contributed by atoms with van der Waals surface area (Å²) in [5.41, 5.74) is 2.82. The molecule has 3 nitrogen and oxygen atoms in total. The smallest absolute Gasteiger partial charge is 0.163 e. The van der Waals surface area contributed by atoms with E-state index in [-0.39, 0.29) is 5.78 Å². The number of hydrogen-bond donors (Lipinski definition) is 0. The molecule has 1 aliphatic carbocycles. The highest BCUT2D eigenvalue weighted by Crippen LogP contribution is 2.26. The van der Waals surface area contributed by atoms with Crippen molar-refractivity contribution in [2.75, 3.05) is 0 Å². The highest BCUT2D eigenvalue weighted by atomic mass is 16.5. The Morgan fingerprint density at radius 2 is 2.11 bits per heavy atom. The highest BCUT2D eigenvalue weighted by Gasteiger charge is 2.19. The average Bonchev–Trinajstić information content (AvgIpc) is 2.79. The maximum absolute atomic E-state index is 11.6. The number of carbonyl (C=O) groups excluding carboxylic acids is 1. The number of hydrogen-bond acceptors (Lipinski definition) is 3. The Kier molecular flexibility index (Phi) is 2.81.